The maximum Gasteiger partial charge on any atom is 0.285 e. The number of thioether (sulfide) groups is 1. The van der Waals surface area contributed by atoms with Gasteiger partial charge in [0.1, 0.15) is 0 Å². The molecule has 41 heavy (non-hydrogen) atoms. The first-order valence-electron chi connectivity index (χ1n) is 13.2. The van der Waals surface area contributed by atoms with Crippen molar-refractivity contribution in [1.29, 1.82) is 0 Å². The van der Waals surface area contributed by atoms with Gasteiger partial charge in [0.25, 0.3) is 5.91 Å². The highest BCUT2D eigenvalue weighted by molar-refractivity contribution is 8.26. The average Bonchev–Trinajstić information content (AvgIpc) is 3.56. The molecule has 202 valence electrons. The van der Waals surface area contributed by atoms with Crippen LogP contribution < -0.4 is 10.4 Å². The lowest BCUT2D eigenvalue weighted by molar-refractivity contribution is -0.132. The minimum atomic E-state index is -0.341. The molecule has 0 bridgehead atoms. The number of hydrogen-bond donors (Lipinski definition) is 1. The molecule has 6 rings (SSSR count). The number of thiocarbonyl (C=S) groups is 1. The van der Waals surface area contributed by atoms with E-state index in [-0.39, 0.29) is 24.3 Å². The smallest absolute Gasteiger partial charge is 0.273 e. The second-order valence-electron chi connectivity index (χ2n) is 9.69. The minimum absolute atomic E-state index is 0.0769. The fourth-order valence-electron chi connectivity index (χ4n) is 4.87. The van der Waals surface area contributed by atoms with Crippen molar-refractivity contribution in [3.8, 4) is 0 Å². The average molecular weight is 575 g/mol. The Hall–Kier alpha value is -4.53. The molecule has 6 nitrogen and oxygen atoms in total. The first kappa shape index (κ1) is 26.7. The molecule has 0 saturated carbocycles. The topological polar surface area (TPSA) is 65.0 Å². The van der Waals surface area contributed by atoms with Crippen molar-refractivity contribution < 1.29 is 9.59 Å². The third kappa shape index (κ3) is 5.99. The molecular formula is C33H26N4O2S2. The lowest BCUT2D eigenvalue weighted by Gasteiger charge is -2.24. The first-order valence-corrected chi connectivity index (χ1v) is 14.5. The van der Waals surface area contributed by atoms with Gasteiger partial charge in [-0.1, -0.05) is 115 Å². The van der Waals surface area contributed by atoms with E-state index in [4.69, 9.17) is 17.3 Å². The van der Waals surface area contributed by atoms with E-state index in [1.54, 1.807) is 6.08 Å². The van der Waals surface area contributed by atoms with Crippen LogP contribution in [0.1, 0.15) is 34.7 Å². The molecule has 2 heterocycles. The van der Waals surface area contributed by atoms with Gasteiger partial charge in [-0.2, -0.15) is 10.1 Å². The van der Waals surface area contributed by atoms with Gasteiger partial charge < -0.3 is 0 Å². The molecule has 2 aliphatic heterocycles. The highest BCUT2D eigenvalue weighted by Crippen LogP contribution is 2.37. The summed E-state index contributed by atoms with van der Waals surface area (Å²) in [5.41, 5.74) is 8.68. The maximum absolute atomic E-state index is 13.1. The lowest BCUT2D eigenvalue weighted by Crippen LogP contribution is -2.45. The van der Waals surface area contributed by atoms with Crippen LogP contribution in [0.25, 0.3) is 6.08 Å². The summed E-state index contributed by atoms with van der Waals surface area (Å²) in [6, 6.07) is 38.1. The van der Waals surface area contributed by atoms with Gasteiger partial charge in [-0.15, -0.1) is 0 Å². The number of hydrazine groups is 1. The van der Waals surface area contributed by atoms with Crippen LogP contribution in [-0.4, -0.2) is 26.9 Å². The number of rotatable bonds is 7. The van der Waals surface area contributed by atoms with Crippen molar-refractivity contribution in [2.24, 2.45) is 5.10 Å². The van der Waals surface area contributed by atoms with Crippen molar-refractivity contribution >= 4 is 57.6 Å². The van der Waals surface area contributed by atoms with Crippen LogP contribution in [0, 0.1) is 0 Å². The largest absolute Gasteiger partial charge is 0.285 e. The minimum Gasteiger partial charge on any atom is -0.273 e. The van der Waals surface area contributed by atoms with Crippen LogP contribution in [0.5, 0.6) is 0 Å². The number of benzene rings is 4. The van der Waals surface area contributed by atoms with Crippen LogP contribution in [-0.2, 0) is 16.0 Å². The highest BCUT2D eigenvalue weighted by Gasteiger charge is 2.34. The Morgan fingerprint density at radius 1 is 0.902 bits per heavy atom. The van der Waals surface area contributed by atoms with Crippen molar-refractivity contribution in [3.05, 3.63) is 142 Å². The van der Waals surface area contributed by atoms with Crippen molar-refractivity contribution in [3.63, 3.8) is 0 Å². The number of nitrogens with one attached hydrogen (secondary N) is 1. The summed E-state index contributed by atoms with van der Waals surface area (Å²) in [6.07, 6.45) is 2.76. The van der Waals surface area contributed by atoms with Gasteiger partial charge in [-0.05, 0) is 52.7 Å². The van der Waals surface area contributed by atoms with Crippen LogP contribution in [0.2, 0.25) is 0 Å². The molecule has 0 aliphatic carbocycles. The summed E-state index contributed by atoms with van der Waals surface area (Å²) in [5, 5.41) is 8.25. The first-order chi connectivity index (χ1) is 20.0. The van der Waals surface area contributed by atoms with Gasteiger partial charge in [-0.3, -0.25) is 20.0 Å². The summed E-state index contributed by atoms with van der Waals surface area (Å²) >= 11 is 6.56. The van der Waals surface area contributed by atoms with E-state index >= 15 is 0 Å². The normalized spacial score (nSPS) is 17.7. The third-order valence-corrected chi connectivity index (χ3v) is 8.20. The van der Waals surface area contributed by atoms with E-state index in [1.807, 2.05) is 78.9 Å². The van der Waals surface area contributed by atoms with E-state index < -0.39 is 0 Å². The van der Waals surface area contributed by atoms with E-state index in [0.29, 0.717) is 9.23 Å². The van der Waals surface area contributed by atoms with Crippen LogP contribution in [0.4, 0.5) is 5.69 Å². The molecule has 0 spiro atoms. The molecule has 2 aliphatic rings. The summed E-state index contributed by atoms with van der Waals surface area (Å²) in [5.74, 6) is -0.640. The van der Waals surface area contributed by atoms with Gasteiger partial charge in [0, 0.05) is 6.42 Å². The zero-order chi connectivity index (χ0) is 28.2. The summed E-state index contributed by atoms with van der Waals surface area (Å²) in [7, 11) is 0. The number of hydrazone groups is 1. The predicted molar refractivity (Wildman–Crippen MR) is 169 cm³/mol. The SMILES string of the molecule is O=C(Cc1ccccc1)NN1C(=O)/C(=C/c2ccc(N3N=C(c4ccccc4)CC3c3ccccc3)cc2)SC1=S. The summed E-state index contributed by atoms with van der Waals surface area (Å²) in [6.45, 7) is 0. The zero-order valence-corrected chi connectivity index (χ0v) is 23.6. The predicted octanol–water partition coefficient (Wildman–Crippen LogP) is 6.52. The Kier molecular flexibility index (Phi) is 7.75. The standard InChI is InChI=1S/C33H26N4O2S2/c38-31(21-23-10-4-1-5-11-23)35-37-32(39)30(41-33(37)40)20-24-16-18-27(19-17-24)36-29(26-14-8-3-9-15-26)22-28(34-36)25-12-6-2-7-13-25/h1-20,29H,21-22H2,(H,35,38)/b30-20-. The molecule has 8 heteroatoms. The fraction of sp³-hybridized carbons (Fsp3) is 0.0909. The zero-order valence-electron chi connectivity index (χ0n) is 22.0. The van der Waals surface area contributed by atoms with Gasteiger partial charge in [0.15, 0.2) is 4.32 Å². The number of carbonyl (C=O) groups is 2. The molecule has 2 amide bonds. The Morgan fingerprint density at radius 2 is 1.54 bits per heavy atom. The number of anilines is 1. The Bertz CT molecular complexity index is 1640. The molecule has 1 unspecified atom stereocenters. The molecule has 0 radical (unpaired) electrons. The van der Waals surface area contributed by atoms with Gasteiger partial charge >= 0.3 is 0 Å². The summed E-state index contributed by atoms with van der Waals surface area (Å²) < 4.78 is 0.296. The van der Waals surface area contributed by atoms with E-state index in [9.17, 15) is 9.59 Å². The van der Waals surface area contributed by atoms with E-state index in [1.165, 1.54) is 17.3 Å². The van der Waals surface area contributed by atoms with Crippen LogP contribution in [0.3, 0.4) is 0 Å². The molecule has 4 aromatic carbocycles. The quantitative estimate of drug-likeness (QED) is 0.201. The second-order valence-corrected chi connectivity index (χ2v) is 11.4. The van der Waals surface area contributed by atoms with Crippen molar-refractivity contribution in [2.75, 3.05) is 5.01 Å². The van der Waals surface area contributed by atoms with Crippen molar-refractivity contribution in [2.45, 2.75) is 18.9 Å². The molecule has 0 aromatic heterocycles. The Labute approximate surface area is 248 Å². The van der Waals surface area contributed by atoms with Crippen LogP contribution in [0.15, 0.2) is 125 Å². The number of hydrogen-bond acceptors (Lipinski definition) is 6. The summed E-state index contributed by atoms with van der Waals surface area (Å²) in [4.78, 5) is 26.0. The molecule has 1 fully saturated rings. The number of amides is 2. The van der Waals surface area contributed by atoms with E-state index in [2.05, 4.69) is 46.8 Å². The Morgan fingerprint density at radius 3 is 2.22 bits per heavy atom. The molecular weight excluding hydrogens is 549 g/mol. The number of carbonyl (C=O) groups excluding carboxylic acids is 2. The number of nitrogens with zero attached hydrogens (tertiary/aromatic N) is 3. The Balaban J connectivity index is 1.19. The third-order valence-electron chi connectivity index (χ3n) is 6.89. The van der Waals surface area contributed by atoms with E-state index in [0.717, 1.165) is 39.5 Å². The maximum atomic E-state index is 13.1. The molecule has 1 saturated heterocycles. The monoisotopic (exact) mass is 574 g/mol. The fourth-order valence-corrected chi connectivity index (χ4v) is 6.05. The molecule has 1 atom stereocenters. The molecule has 1 N–H and O–H groups in total. The van der Waals surface area contributed by atoms with Gasteiger partial charge in [0.2, 0.25) is 5.91 Å². The lowest BCUT2D eigenvalue weighted by atomic mass is 9.98. The van der Waals surface area contributed by atoms with Gasteiger partial charge in [0.05, 0.1) is 28.8 Å². The highest BCUT2D eigenvalue weighted by atomic mass is 32.2. The second kappa shape index (κ2) is 11.9. The van der Waals surface area contributed by atoms with Crippen molar-refractivity contribution in [1.82, 2.24) is 10.4 Å². The molecule has 4 aromatic rings. The van der Waals surface area contributed by atoms with Gasteiger partial charge in [-0.25, -0.2) is 0 Å². The van der Waals surface area contributed by atoms with Crippen LogP contribution >= 0.6 is 24.0 Å².